The summed E-state index contributed by atoms with van der Waals surface area (Å²) in [6, 6.07) is 4.71. The molecule has 0 radical (unpaired) electrons. The van der Waals surface area contributed by atoms with Gasteiger partial charge in [0, 0.05) is 0 Å². The van der Waals surface area contributed by atoms with E-state index in [1.807, 2.05) is 25.1 Å². The predicted molar refractivity (Wildman–Crippen MR) is 64.3 cm³/mol. The van der Waals surface area contributed by atoms with Crippen molar-refractivity contribution < 1.29 is 14.6 Å². The fourth-order valence-corrected chi connectivity index (χ4v) is 1.33. The first-order chi connectivity index (χ1) is 7.04. The van der Waals surface area contributed by atoms with Crippen LogP contribution in [-0.2, 0) is 11.2 Å². The standard InChI is InChI=1S/C11H15NO3.ClH/c1-7-3-4-8(6-10(7)15-2)5-9(12)11(13)14;/h3-4,6,9H,5,12H2,1-2H3,(H,13,14);1H/t9-;/m1./s1. The van der Waals surface area contributed by atoms with Gasteiger partial charge in [-0.3, -0.25) is 4.79 Å². The van der Waals surface area contributed by atoms with Crippen LogP contribution in [0.3, 0.4) is 0 Å². The topological polar surface area (TPSA) is 72.5 Å². The fourth-order valence-electron chi connectivity index (χ4n) is 1.33. The first kappa shape index (κ1) is 14.7. The van der Waals surface area contributed by atoms with Crippen LogP contribution in [0, 0.1) is 6.92 Å². The van der Waals surface area contributed by atoms with Gasteiger partial charge in [-0.05, 0) is 30.5 Å². The van der Waals surface area contributed by atoms with Gasteiger partial charge < -0.3 is 15.6 Å². The molecule has 0 unspecified atom stereocenters. The van der Waals surface area contributed by atoms with Crippen molar-refractivity contribution in [3.8, 4) is 5.75 Å². The van der Waals surface area contributed by atoms with Crippen molar-refractivity contribution in [3.63, 3.8) is 0 Å². The molecule has 1 atom stereocenters. The Hall–Kier alpha value is -1.26. The number of aliphatic carboxylic acids is 1. The summed E-state index contributed by atoms with van der Waals surface area (Å²) in [6.07, 6.45) is 0.311. The number of hydrogen-bond acceptors (Lipinski definition) is 3. The Morgan fingerprint density at radius 1 is 1.56 bits per heavy atom. The molecule has 0 fully saturated rings. The molecule has 0 aromatic heterocycles. The van der Waals surface area contributed by atoms with Crippen LogP contribution in [0.25, 0.3) is 0 Å². The van der Waals surface area contributed by atoms with Crippen molar-refractivity contribution in [3.05, 3.63) is 29.3 Å². The number of nitrogens with two attached hydrogens (primary N) is 1. The maximum absolute atomic E-state index is 10.6. The number of hydrogen-bond donors (Lipinski definition) is 2. The van der Waals surface area contributed by atoms with Crippen LogP contribution in [0.4, 0.5) is 0 Å². The quantitative estimate of drug-likeness (QED) is 0.841. The van der Waals surface area contributed by atoms with Crippen LogP contribution in [0.15, 0.2) is 18.2 Å². The number of methoxy groups -OCH3 is 1. The Labute approximate surface area is 101 Å². The third-order valence-electron chi connectivity index (χ3n) is 2.25. The lowest BCUT2D eigenvalue weighted by atomic mass is 10.0. The molecular weight excluding hydrogens is 230 g/mol. The van der Waals surface area contributed by atoms with Gasteiger partial charge in [0.2, 0.25) is 0 Å². The highest BCUT2D eigenvalue weighted by molar-refractivity contribution is 5.85. The van der Waals surface area contributed by atoms with Crippen LogP contribution in [0.1, 0.15) is 11.1 Å². The second-order valence-electron chi connectivity index (χ2n) is 3.45. The fraction of sp³-hybridized carbons (Fsp3) is 0.364. The number of rotatable bonds is 4. The number of halogens is 1. The van der Waals surface area contributed by atoms with Crippen molar-refractivity contribution in [2.75, 3.05) is 7.11 Å². The summed E-state index contributed by atoms with van der Waals surface area (Å²) < 4.78 is 5.14. The molecule has 0 bridgehead atoms. The molecular formula is C11H16ClNO3. The second kappa shape index (κ2) is 6.35. The van der Waals surface area contributed by atoms with Gasteiger partial charge in [-0.25, -0.2) is 0 Å². The number of carbonyl (C=O) groups is 1. The van der Waals surface area contributed by atoms with E-state index in [2.05, 4.69) is 0 Å². The summed E-state index contributed by atoms with van der Waals surface area (Å²) in [5.74, 6) is -0.236. The summed E-state index contributed by atoms with van der Waals surface area (Å²) >= 11 is 0. The van der Waals surface area contributed by atoms with E-state index < -0.39 is 12.0 Å². The van der Waals surface area contributed by atoms with Gasteiger partial charge in [-0.15, -0.1) is 12.4 Å². The monoisotopic (exact) mass is 245 g/mol. The molecule has 0 spiro atoms. The third kappa shape index (κ3) is 3.72. The Balaban J connectivity index is 0.00000225. The van der Waals surface area contributed by atoms with E-state index in [1.54, 1.807) is 7.11 Å². The zero-order valence-electron chi connectivity index (χ0n) is 9.27. The molecule has 0 heterocycles. The minimum absolute atomic E-state index is 0. The molecule has 4 nitrogen and oxygen atoms in total. The first-order valence-electron chi connectivity index (χ1n) is 4.66. The minimum atomic E-state index is -0.991. The average molecular weight is 246 g/mol. The molecule has 0 aliphatic rings. The lowest BCUT2D eigenvalue weighted by Crippen LogP contribution is -2.32. The van der Waals surface area contributed by atoms with E-state index in [9.17, 15) is 4.79 Å². The maximum atomic E-state index is 10.6. The van der Waals surface area contributed by atoms with E-state index in [4.69, 9.17) is 15.6 Å². The van der Waals surface area contributed by atoms with Crippen molar-refractivity contribution in [2.45, 2.75) is 19.4 Å². The molecule has 0 amide bonds. The van der Waals surface area contributed by atoms with Crippen molar-refractivity contribution in [1.82, 2.24) is 0 Å². The van der Waals surface area contributed by atoms with E-state index in [-0.39, 0.29) is 12.4 Å². The molecule has 16 heavy (non-hydrogen) atoms. The lowest BCUT2D eigenvalue weighted by molar-refractivity contribution is -0.138. The zero-order valence-corrected chi connectivity index (χ0v) is 10.1. The Morgan fingerprint density at radius 3 is 2.69 bits per heavy atom. The van der Waals surface area contributed by atoms with Crippen LogP contribution >= 0.6 is 12.4 Å². The van der Waals surface area contributed by atoms with Gasteiger partial charge in [0.1, 0.15) is 11.8 Å². The molecule has 90 valence electrons. The Bertz CT molecular complexity index is 368. The highest BCUT2D eigenvalue weighted by atomic mass is 35.5. The lowest BCUT2D eigenvalue weighted by Gasteiger charge is -2.09. The molecule has 1 aromatic carbocycles. The van der Waals surface area contributed by atoms with Gasteiger partial charge in [-0.2, -0.15) is 0 Å². The van der Waals surface area contributed by atoms with Gasteiger partial charge in [0.05, 0.1) is 7.11 Å². The number of ether oxygens (including phenoxy) is 1. The van der Waals surface area contributed by atoms with Crippen LogP contribution in [0.2, 0.25) is 0 Å². The second-order valence-corrected chi connectivity index (χ2v) is 3.45. The van der Waals surface area contributed by atoms with E-state index >= 15 is 0 Å². The highest BCUT2D eigenvalue weighted by Crippen LogP contribution is 2.19. The molecule has 0 saturated carbocycles. The maximum Gasteiger partial charge on any atom is 0.320 e. The largest absolute Gasteiger partial charge is 0.496 e. The molecule has 5 heteroatoms. The number of carboxylic acid groups (broad SMARTS) is 1. The van der Waals surface area contributed by atoms with Crippen LogP contribution in [-0.4, -0.2) is 24.2 Å². The molecule has 0 aliphatic heterocycles. The Kier molecular flexibility index (Phi) is 5.85. The highest BCUT2D eigenvalue weighted by Gasteiger charge is 2.12. The number of carboxylic acids is 1. The molecule has 1 rings (SSSR count). The van der Waals surface area contributed by atoms with Gasteiger partial charge in [0.25, 0.3) is 0 Å². The minimum Gasteiger partial charge on any atom is -0.496 e. The van der Waals surface area contributed by atoms with Gasteiger partial charge in [0.15, 0.2) is 0 Å². The van der Waals surface area contributed by atoms with Crippen molar-refractivity contribution in [1.29, 1.82) is 0 Å². The number of aryl methyl sites for hydroxylation is 1. The van der Waals surface area contributed by atoms with Crippen LogP contribution < -0.4 is 10.5 Å². The zero-order chi connectivity index (χ0) is 11.4. The molecule has 0 saturated heterocycles. The first-order valence-corrected chi connectivity index (χ1v) is 4.66. The molecule has 3 N–H and O–H groups in total. The van der Waals surface area contributed by atoms with E-state index in [0.29, 0.717) is 6.42 Å². The normalized spacial score (nSPS) is 11.4. The summed E-state index contributed by atoms with van der Waals surface area (Å²) in [7, 11) is 1.59. The summed E-state index contributed by atoms with van der Waals surface area (Å²) in [6.45, 7) is 1.93. The summed E-state index contributed by atoms with van der Waals surface area (Å²) in [5, 5.41) is 8.67. The third-order valence-corrected chi connectivity index (χ3v) is 2.25. The molecule has 0 aliphatic carbocycles. The number of benzene rings is 1. The van der Waals surface area contributed by atoms with Crippen molar-refractivity contribution >= 4 is 18.4 Å². The smallest absolute Gasteiger partial charge is 0.320 e. The van der Waals surface area contributed by atoms with E-state index in [0.717, 1.165) is 16.9 Å². The van der Waals surface area contributed by atoms with E-state index in [1.165, 1.54) is 0 Å². The van der Waals surface area contributed by atoms with Crippen molar-refractivity contribution in [2.24, 2.45) is 5.73 Å². The Morgan fingerprint density at radius 2 is 2.19 bits per heavy atom. The predicted octanol–water partition coefficient (Wildman–Crippen LogP) is 1.38. The SMILES string of the molecule is COc1cc(C[C@@H](N)C(=O)O)ccc1C.Cl. The van der Waals surface area contributed by atoms with Gasteiger partial charge in [-0.1, -0.05) is 12.1 Å². The summed E-state index contributed by atoms with van der Waals surface area (Å²) in [4.78, 5) is 10.6. The van der Waals surface area contributed by atoms with Gasteiger partial charge >= 0.3 is 5.97 Å². The molecule has 1 aromatic rings. The average Bonchev–Trinajstić information content (AvgIpc) is 2.20. The van der Waals surface area contributed by atoms with Crippen LogP contribution in [0.5, 0.6) is 5.75 Å². The summed E-state index contributed by atoms with van der Waals surface area (Å²) in [5.41, 5.74) is 7.32.